The molecule has 0 radical (unpaired) electrons. The molecule has 0 aliphatic heterocycles. The highest BCUT2D eigenvalue weighted by Gasteiger charge is 2.53. The molecule has 4 bridgehead atoms. The summed E-state index contributed by atoms with van der Waals surface area (Å²) < 4.78 is 5.73. The van der Waals surface area contributed by atoms with Gasteiger partial charge in [0.05, 0.1) is 5.02 Å². The molecule has 2 N–H and O–H groups in total. The highest BCUT2D eigenvalue weighted by molar-refractivity contribution is 7.80. The van der Waals surface area contributed by atoms with Crippen LogP contribution in [0.1, 0.15) is 56.0 Å². The quantitative estimate of drug-likeness (QED) is 0.496. The molecule has 4 aliphatic rings. The van der Waals surface area contributed by atoms with Crippen molar-refractivity contribution in [3.8, 4) is 11.3 Å². The number of furan rings is 1. The van der Waals surface area contributed by atoms with E-state index in [0.717, 1.165) is 17.8 Å². The summed E-state index contributed by atoms with van der Waals surface area (Å²) in [5, 5.41) is 7.56. The third-order valence-electron chi connectivity index (χ3n) is 7.61. The van der Waals surface area contributed by atoms with E-state index in [2.05, 4.69) is 17.6 Å². The van der Waals surface area contributed by atoms with Gasteiger partial charge in [0.2, 0.25) is 0 Å². The van der Waals surface area contributed by atoms with E-state index >= 15 is 0 Å². The van der Waals surface area contributed by atoms with Gasteiger partial charge in [-0.05, 0) is 111 Å². The fourth-order valence-corrected chi connectivity index (χ4v) is 7.32. The van der Waals surface area contributed by atoms with E-state index in [0.29, 0.717) is 31.9 Å². The molecule has 31 heavy (non-hydrogen) atoms. The van der Waals surface area contributed by atoms with Crippen molar-refractivity contribution in [2.45, 2.75) is 51.5 Å². The largest absolute Gasteiger partial charge is 0.451 e. The summed E-state index contributed by atoms with van der Waals surface area (Å²) in [6.45, 7) is 2.22. The SMILES string of the molecule is C[C@@H](NC(=S)NC(=O)c1ccc(-c2ccc(Cl)cc2Cl)o1)C12CC3CC(CC(C3)C1)C2. The van der Waals surface area contributed by atoms with Crippen LogP contribution in [-0.4, -0.2) is 17.1 Å². The maximum Gasteiger partial charge on any atom is 0.293 e. The highest BCUT2D eigenvalue weighted by Crippen LogP contribution is 2.61. The first-order valence-corrected chi connectivity index (χ1v) is 12.1. The van der Waals surface area contributed by atoms with E-state index in [1.807, 2.05) is 0 Å². The summed E-state index contributed by atoms with van der Waals surface area (Å²) in [5.41, 5.74) is 0.994. The van der Waals surface area contributed by atoms with Crippen molar-refractivity contribution in [2.75, 3.05) is 0 Å². The molecule has 0 saturated heterocycles. The lowest BCUT2D eigenvalue weighted by atomic mass is 9.48. The molecule has 1 aromatic carbocycles. The van der Waals surface area contributed by atoms with Gasteiger partial charge in [-0.3, -0.25) is 10.1 Å². The van der Waals surface area contributed by atoms with Crippen LogP contribution in [0.15, 0.2) is 34.7 Å². The van der Waals surface area contributed by atoms with Gasteiger partial charge < -0.3 is 9.73 Å². The predicted octanol–water partition coefficient (Wildman–Crippen LogP) is 6.46. The number of benzene rings is 1. The number of hydrogen-bond donors (Lipinski definition) is 2. The summed E-state index contributed by atoms with van der Waals surface area (Å²) >= 11 is 17.7. The van der Waals surface area contributed by atoms with E-state index in [4.69, 9.17) is 39.8 Å². The summed E-state index contributed by atoms with van der Waals surface area (Å²) in [5.74, 6) is 2.95. The molecule has 1 aromatic heterocycles. The van der Waals surface area contributed by atoms with Crippen molar-refractivity contribution >= 4 is 46.4 Å². The molecule has 2 aromatic rings. The van der Waals surface area contributed by atoms with E-state index < -0.39 is 0 Å². The van der Waals surface area contributed by atoms with Crippen LogP contribution in [0.2, 0.25) is 10.0 Å². The summed E-state index contributed by atoms with van der Waals surface area (Å²) in [6.07, 6.45) is 8.08. The molecular weight excluding hydrogens is 451 g/mol. The summed E-state index contributed by atoms with van der Waals surface area (Å²) in [7, 11) is 0. The Hall–Kier alpha value is -1.56. The Morgan fingerprint density at radius 2 is 1.74 bits per heavy atom. The summed E-state index contributed by atoms with van der Waals surface area (Å²) in [4.78, 5) is 12.7. The molecule has 6 rings (SSSR count). The minimum atomic E-state index is -0.369. The first-order chi connectivity index (χ1) is 14.8. The normalized spacial score (nSPS) is 29.6. The number of nitrogens with one attached hydrogen (secondary N) is 2. The van der Waals surface area contributed by atoms with E-state index in [1.54, 1.807) is 30.3 Å². The van der Waals surface area contributed by atoms with E-state index in [1.165, 1.54) is 38.5 Å². The molecule has 1 amide bonds. The van der Waals surface area contributed by atoms with Crippen LogP contribution < -0.4 is 10.6 Å². The minimum Gasteiger partial charge on any atom is -0.451 e. The lowest BCUT2D eigenvalue weighted by Crippen LogP contribution is -2.57. The number of rotatable bonds is 4. The molecule has 164 valence electrons. The van der Waals surface area contributed by atoms with Gasteiger partial charge in [0, 0.05) is 16.6 Å². The van der Waals surface area contributed by atoms with Gasteiger partial charge in [0.1, 0.15) is 5.76 Å². The average Bonchev–Trinajstić information content (AvgIpc) is 3.17. The number of halogens is 2. The zero-order valence-electron chi connectivity index (χ0n) is 17.4. The van der Waals surface area contributed by atoms with Gasteiger partial charge in [-0.25, -0.2) is 0 Å². The topological polar surface area (TPSA) is 54.3 Å². The monoisotopic (exact) mass is 476 g/mol. The number of amides is 1. The van der Waals surface area contributed by atoms with Gasteiger partial charge in [-0.1, -0.05) is 23.2 Å². The van der Waals surface area contributed by atoms with Gasteiger partial charge in [-0.2, -0.15) is 0 Å². The van der Waals surface area contributed by atoms with Crippen molar-refractivity contribution in [3.05, 3.63) is 46.1 Å². The third kappa shape index (κ3) is 4.12. The van der Waals surface area contributed by atoms with Crippen LogP contribution >= 0.6 is 35.4 Å². The van der Waals surface area contributed by atoms with Crippen LogP contribution in [-0.2, 0) is 0 Å². The first kappa shape index (κ1) is 21.3. The van der Waals surface area contributed by atoms with Crippen LogP contribution in [0.5, 0.6) is 0 Å². The standard InChI is InChI=1S/C24H26Cl2N2O2S/c1-13(24-10-14-6-15(11-24)8-16(7-14)12-24)27-23(31)28-22(29)21-5-4-20(30-21)18-3-2-17(25)9-19(18)26/h2-5,9,13-16H,6-8,10-12H2,1H3,(H2,27,28,29,31)/t13-,14?,15?,16?,24?/m1/s1. The molecule has 4 fully saturated rings. The molecule has 0 unspecified atom stereocenters. The third-order valence-corrected chi connectivity index (χ3v) is 8.37. The highest BCUT2D eigenvalue weighted by atomic mass is 35.5. The van der Waals surface area contributed by atoms with Gasteiger partial charge in [0.25, 0.3) is 5.91 Å². The number of hydrogen-bond acceptors (Lipinski definition) is 3. The van der Waals surface area contributed by atoms with Crippen LogP contribution in [0.25, 0.3) is 11.3 Å². The van der Waals surface area contributed by atoms with E-state index in [-0.39, 0.29) is 17.7 Å². The lowest BCUT2D eigenvalue weighted by molar-refractivity contribution is -0.0672. The Morgan fingerprint density at radius 3 is 2.35 bits per heavy atom. The van der Waals surface area contributed by atoms with E-state index in [9.17, 15) is 4.79 Å². The molecule has 4 saturated carbocycles. The Bertz CT molecular complexity index is 999. The molecule has 1 heterocycles. The lowest BCUT2D eigenvalue weighted by Gasteiger charge is -2.59. The van der Waals surface area contributed by atoms with Crippen LogP contribution in [0.4, 0.5) is 0 Å². The average molecular weight is 477 g/mol. The first-order valence-electron chi connectivity index (χ1n) is 11.0. The maximum atomic E-state index is 12.7. The second kappa shape index (κ2) is 8.09. The predicted molar refractivity (Wildman–Crippen MR) is 127 cm³/mol. The molecular formula is C24H26Cl2N2O2S. The molecule has 7 heteroatoms. The van der Waals surface area contributed by atoms with Crippen molar-refractivity contribution in [2.24, 2.45) is 23.2 Å². The fourth-order valence-electron chi connectivity index (χ4n) is 6.55. The smallest absolute Gasteiger partial charge is 0.293 e. The number of carbonyl (C=O) groups excluding carboxylic acids is 1. The molecule has 4 aliphatic carbocycles. The zero-order chi connectivity index (χ0) is 21.8. The zero-order valence-corrected chi connectivity index (χ0v) is 19.7. The fraction of sp³-hybridized carbons (Fsp3) is 0.500. The van der Waals surface area contributed by atoms with Crippen molar-refractivity contribution < 1.29 is 9.21 Å². The second-order valence-electron chi connectivity index (χ2n) is 9.72. The molecule has 0 spiro atoms. The Labute approximate surface area is 198 Å². The van der Waals surface area contributed by atoms with Gasteiger partial charge >= 0.3 is 0 Å². The summed E-state index contributed by atoms with van der Waals surface area (Å²) in [6, 6.07) is 8.74. The van der Waals surface area contributed by atoms with Crippen LogP contribution in [0, 0.1) is 23.2 Å². The van der Waals surface area contributed by atoms with Gasteiger partial charge in [0.15, 0.2) is 10.9 Å². The second-order valence-corrected chi connectivity index (χ2v) is 11.0. The van der Waals surface area contributed by atoms with Gasteiger partial charge in [-0.15, -0.1) is 0 Å². The maximum absolute atomic E-state index is 12.7. The van der Waals surface area contributed by atoms with Crippen LogP contribution in [0.3, 0.4) is 0 Å². The van der Waals surface area contributed by atoms with Crippen molar-refractivity contribution in [3.63, 3.8) is 0 Å². The van der Waals surface area contributed by atoms with Crippen molar-refractivity contribution in [1.82, 2.24) is 10.6 Å². The Kier molecular flexibility index (Phi) is 5.56. The number of thiocarbonyl (C=S) groups is 1. The minimum absolute atomic E-state index is 0.188. The molecule has 4 nitrogen and oxygen atoms in total. The Balaban J connectivity index is 1.22. The number of carbonyl (C=O) groups is 1. The Morgan fingerprint density at radius 1 is 1.10 bits per heavy atom. The molecule has 1 atom stereocenters. The van der Waals surface area contributed by atoms with Crippen molar-refractivity contribution in [1.29, 1.82) is 0 Å².